The number of hydrogen-bond donors (Lipinski definition) is 2. The molecule has 0 saturated heterocycles. The van der Waals surface area contributed by atoms with Crippen molar-refractivity contribution in [3.8, 4) is 0 Å². The van der Waals surface area contributed by atoms with Crippen molar-refractivity contribution >= 4 is 29.7 Å². The van der Waals surface area contributed by atoms with E-state index in [2.05, 4.69) is 31.6 Å². The van der Waals surface area contributed by atoms with Crippen molar-refractivity contribution in [3.05, 3.63) is 0 Å². The second-order valence-electron chi connectivity index (χ2n) is 5.62. The van der Waals surface area contributed by atoms with Gasteiger partial charge in [0.15, 0.2) is 0 Å². The molecule has 1 unspecified atom stereocenters. The molecular formula is C15H29LiO4. The number of carbonyl (C=O) groups is 2. The molecule has 0 fully saturated rings. The summed E-state index contributed by atoms with van der Waals surface area (Å²) in [6.07, 6.45) is 12.2. The number of carboxylic acids is 2. The van der Waals surface area contributed by atoms with E-state index in [-0.39, 0.29) is 0 Å². The average molecular weight is 280 g/mol. The summed E-state index contributed by atoms with van der Waals surface area (Å²) in [4.78, 5) is 18.9. The van der Waals surface area contributed by atoms with E-state index in [0.717, 1.165) is 4.59 Å². The Labute approximate surface area is 132 Å². The Morgan fingerprint density at radius 1 is 0.900 bits per heavy atom. The first-order valence-electron chi connectivity index (χ1n) is 7.83. The van der Waals surface area contributed by atoms with Crippen LogP contribution in [0.3, 0.4) is 0 Å². The van der Waals surface area contributed by atoms with Crippen molar-refractivity contribution in [1.82, 2.24) is 0 Å². The maximum atomic E-state index is 9.43. The Morgan fingerprint density at radius 2 is 1.30 bits per heavy atom. The zero-order valence-corrected chi connectivity index (χ0v) is 13.4. The first-order chi connectivity index (χ1) is 9.40. The van der Waals surface area contributed by atoms with Gasteiger partial charge in [-0.2, -0.15) is 0 Å². The predicted octanol–water partition coefficient (Wildman–Crippen LogP) is 4.04. The van der Waals surface area contributed by atoms with Gasteiger partial charge in [-0.05, 0) is 0 Å². The third kappa shape index (κ3) is 26.2. The zero-order valence-electron chi connectivity index (χ0n) is 13.4. The van der Waals surface area contributed by atoms with Gasteiger partial charge < -0.3 is 10.2 Å². The molecule has 0 aliphatic carbocycles. The Kier molecular flexibility index (Phi) is 18.1. The molecule has 114 valence electrons. The summed E-state index contributed by atoms with van der Waals surface area (Å²) in [5, 5.41) is 15.4. The van der Waals surface area contributed by atoms with E-state index in [9.17, 15) is 9.59 Å². The molecule has 0 rings (SSSR count). The second-order valence-corrected chi connectivity index (χ2v) is 5.62. The van der Waals surface area contributed by atoms with Gasteiger partial charge in [0.25, 0.3) is 0 Å². The van der Waals surface area contributed by atoms with E-state index < -0.39 is 18.4 Å². The van der Waals surface area contributed by atoms with Gasteiger partial charge in [0.2, 0.25) is 0 Å². The summed E-state index contributed by atoms with van der Waals surface area (Å²) in [5.41, 5.74) is 0. The molecule has 0 aromatic heterocycles. The summed E-state index contributed by atoms with van der Waals surface area (Å²) in [7, 11) is 0. The molecule has 0 aliphatic rings. The third-order valence-electron chi connectivity index (χ3n) is 2.94. The van der Waals surface area contributed by atoms with Crippen LogP contribution in [0, 0.1) is 0 Å². The van der Waals surface area contributed by atoms with Crippen LogP contribution in [0.1, 0.15) is 78.1 Å². The van der Waals surface area contributed by atoms with Crippen LogP contribution in [0.15, 0.2) is 0 Å². The van der Waals surface area contributed by atoms with E-state index >= 15 is 0 Å². The minimum atomic E-state index is -1.31. The summed E-state index contributed by atoms with van der Waals surface area (Å²) < 4.78 is 0.903. The molecule has 0 saturated carbocycles. The first-order valence-corrected chi connectivity index (χ1v) is 7.83. The Bertz CT molecular complexity index is 230. The number of hydrogen-bond acceptors (Lipinski definition) is 2. The van der Waals surface area contributed by atoms with Crippen LogP contribution in [0.5, 0.6) is 0 Å². The number of unbranched alkanes of at least 4 members (excludes halogenated alkanes) is 7. The maximum absolute atomic E-state index is 9.43. The van der Waals surface area contributed by atoms with Crippen LogP contribution in [0.25, 0.3) is 0 Å². The van der Waals surface area contributed by atoms with E-state index in [1.165, 1.54) is 57.8 Å². The third-order valence-corrected chi connectivity index (χ3v) is 2.94. The molecule has 0 amide bonds. The number of rotatable bonds is 11. The van der Waals surface area contributed by atoms with E-state index in [0.29, 0.717) is 0 Å². The van der Waals surface area contributed by atoms with Crippen LogP contribution in [0.2, 0.25) is 4.59 Å². The molecule has 20 heavy (non-hydrogen) atoms. The first kappa shape index (κ1) is 21.8. The van der Waals surface area contributed by atoms with Crippen LogP contribution in [-0.2, 0) is 9.59 Å². The molecule has 0 radical (unpaired) electrons. The van der Waals surface area contributed by atoms with Gasteiger partial charge in [0.1, 0.15) is 6.42 Å². The summed E-state index contributed by atoms with van der Waals surface area (Å²) in [6, 6.07) is 0. The topological polar surface area (TPSA) is 74.6 Å². The normalized spacial score (nSPS) is 11.4. The van der Waals surface area contributed by atoms with Crippen LogP contribution in [-0.4, -0.2) is 39.9 Å². The van der Waals surface area contributed by atoms with Gasteiger partial charge in [0, 0.05) is 0 Å². The Morgan fingerprint density at radius 3 is 1.60 bits per heavy atom. The molecule has 5 heteroatoms. The predicted molar refractivity (Wildman–Crippen MR) is 82.3 cm³/mol. The van der Waals surface area contributed by atoms with Gasteiger partial charge in [0.05, 0.1) is 0 Å². The minimum absolute atomic E-state index is 0.806. The summed E-state index contributed by atoms with van der Waals surface area (Å²) in [5.74, 6) is -2.62. The van der Waals surface area contributed by atoms with Crippen molar-refractivity contribution < 1.29 is 19.8 Å². The molecule has 1 atom stereocenters. The molecular weight excluding hydrogens is 251 g/mol. The molecule has 0 bridgehead atoms. The molecule has 0 heterocycles. The molecule has 4 nitrogen and oxygen atoms in total. The van der Waals surface area contributed by atoms with E-state index in [4.69, 9.17) is 10.2 Å². The number of aliphatic carboxylic acids is 2. The molecule has 0 spiro atoms. The Hall–Kier alpha value is -0.463. The molecule has 0 aromatic carbocycles. The van der Waals surface area contributed by atoms with Crippen molar-refractivity contribution in [2.45, 2.75) is 82.6 Å². The van der Waals surface area contributed by atoms with Crippen molar-refractivity contribution in [2.24, 2.45) is 0 Å². The van der Waals surface area contributed by atoms with Crippen molar-refractivity contribution in [1.29, 1.82) is 0 Å². The van der Waals surface area contributed by atoms with Crippen molar-refractivity contribution in [2.75, 3.05) is 0 Å². The Balaban J connectivity index is 0. The van der Waals surface area contributed by atoms with Crippen LogP contribution >= 0.6 is 0 Å². The quantitative estimate of drug-likeness (QED) is 0.340. The molecule has 2 N–H and O–H groups in total. The molecule has 0 aromatic rings. The van der Waals surface area contributed by atoms with Crippen LogP contribution < -0.4 is 0 Å². The van der Waals surface area contributed by atoms with Gasteiger partial charge in [-0.15, -0.1) is 0 Å². The van der Waals surface area contributed by atoms with E-state index in [1.807, 2.05) is 0 Å². The fourth-order valence-corrected chi connectivity index (χ4v) is 1.82. The number of carboxylic acid groups (broad SMARTS) is 2. The second kappa shape index (κ2) is 16.6. The summed E-state index contributed by atoms with van der Waals surface area (Å²) in [6.45, 7) is 4.60. The van der Waals surface area contributed by atoms with Crippen molar-refractivity contribution in [3.63, 3.8) is 0 Å². The monoisotopic (exact) mass is 280 g/mol. The SMILES string of the molecule is O=C(O)CC(=O)O.[Li][CH](C)CCCCCCCCCC. The van der Waals surface area contributed by atoms with Gasteiger partial charge in [-0.3, -0.25) is 9.59 Å². The van der Waals surface area contributed by atoms with E-state index in [1.54, 1.807) is 0 Å². The summed E-state index contributed by atoms with van der Waals surface area (Å²) >= 11 is 2.32. The standard InChI is InChI=1S/C12H25.C3H4O4.Li/c1-3-5-7-9-11-12-10-8-6-4-2;4-2(5)1-3(6)7;/h3H,4-12H2,1-2H3;1H2,(H,4,5)(H,6,7);. The fourth-order valence-electron chi connectivity index (χ4n) is 1.82. The zero-order chi connectivity index (χ0) is 15.8. The molecule has 0 aliphatic heterocycles. The van der Waals surface area contributed by atoms with Gasteiger partial charge >= 0.3 is 106 Å². The van der Waals surface area contributed by atoms with Gasteiger partial charge in [-0.25, -0.2) is 0 Å². The average Bonchev–Trinajstić information content (AvgIpc) is 2.31. The fraction of sp³-hybridized carbons (Fsp3) is 0.867. The van der Waals surface area contributed by atoms with Crippen LogP contribution in [0.4, 0.5) is 0 Å². The van der Waals surface area contributed by atoms with Gasteiger partial charge in [-0.1, -0.05) is 0 Å².